The number of anilines is 2. The van der Waals surface area contributed by atoms with Crippen LogP contribution in [0.25, 0.3) is 0 Å². The standard InChI is InChI=1S/C17H13N5O3/c23-15-7-6-14(21-22-15)17(25)20-13-5-1-4-12(9-13)19-16(24)11-3-2-8-18-10-11/h1-10H,(H,19,24)(H,20,25)(H,22,23). The molecule has 3 aromatic rings. The quantitative estimate of drug-likeness (QED) is 0.670. The molecule has 2 amide bonds. The Bertz CT molecular complexity index is 949. The van der Waals surface area contributed by atoms with Gasteiger partial charge in [0.1, 0.15) is 5.69 Å². The second kappa shape index (κ2) is 7.18. The number of amides is 2. The highest BCUT2D eigenvalue weighted by Crippen LogP contribution is 2.16. The number of nitrogens with one attached hydrogen (secondary N) is 3. The summed E-state index contributed by atoms with van der Waals surface area (Å²) in [6, 6.07) is 12.5. The summed E-state index contributed by atoms with van der Waals surface area (Å²) in [4.78, 5) is 39.1. The Hall–Kier alpha value is -3.81. The summed E-state index contributed by atoms with van der Waals surface area (Å²) in [6.45, 7) is 0. The summed E-state index contributed by atoms with van der Waals surface area (Å²) in [6.07, 6.45) is 3.04. The average molecular weight is 335 g/mol. The summed E-state index contributed by atoms with van der Waals surface area (Å²) in [5.41, 5.74) is 1.10. The Labute approximate surface area is 141 Å². The predicted molar refractivity (Wildman–Crippen MR) is 91.4 cm³/mol. The number of pyridine rings is 1. The van der Waals surface area contributed by atoms with E-state index in [9.17, 15) is 14.4 Å². The van der Waals surface area contributed by atoms with Crippen molar-refractivity contribution in [1.82, 2.24) is 15.2 Å². The van der Waals surface area contributed by atoms with E-state index in [0.29, 0.717) is 16.9 Å². The maximum Gasteiger partial charge on any atom is 0.276 e. The first kappa shape index (κ1) is 16.1. The van der Waals surface area contributed by atoms with Gasteiger partial charge in [-0.3, -0.25) is 19.4 Å². The maximum atomic E-state index is 12.1. The highest BCUT2D eigenvalue weighted by Gasteiger charge is 2.09. The Balaban J connectivity index is 1.71. The second-order valence-corrected chi connectivity index (χ2v) is 5.04. The van der Waals surface area contributed by atoms with Crippen LogP contribution in [-0.4, -0.2) is 27.0 Å². The summed E-state index contributed by atoms with van der Waals surface area (Å²) >= 11 is 0. The van der Waals surface area contributed by atoms with Gasteiger partial charge in [-0.1, -0.05) is 6.07 Å². The van der Waals surface area contributed by atoms with E-state index in [-0.39, 0.29) is 11.6 Å². The molecule has 0 atom stereocenters. The van der Waals surface area contributed by atoms with E-state index in [1.54, 1.807) is 42.6 Å². The molecule has 2 heterocycles. The molecule has 0 aliphatic heterocycles. The van der Waals surface area contributed by atoms with Crippen molar-refractivity contribution in [2.75, 3.05) is 10.6 Å². The molecule has 8 heteroatoms. The first-order valence-electron chi connectivity index (χ1n) is 7.30. The lowest BCUT2D eigenvalue weighted by Crippen LogP contribution is -2.17. The molecule has 25 heavy (non-hydrogen) atoms. The average Bonchev–Trinajstić information content (AvgIpc) is 2.63. The lowest BCUT2D eigenvalue weighted by Gasteiger charge is -2.08. The fraction of sp³-hybridized carbons (Fsp3) is 0. The number of aromatic nitrogens is 3. The van der Waals surface area contributed by atoms with Crippen molar-refractivity contribution in [2.45, 2.75) is 0 Å². The van der Waals surface area contributed by atoms with E-state index in [1.165, 1.54) is 18.3 Å². The minimum absolute atomic E-state index is 0.0735. The van der Waals surface area contributed by atoms with Gasteiger partial charge in [0.05, 0.1) is 5.56 Å². The van der Waals surface area contributed by atoms with E-state index in [4.69, 9.17) is 0 Å². The van der Waals surface area contributed by atoms with Gasteiger partial charge in [0, 0.05) is 29.8 Å². The molecule has 0 aliphatic rings. The first-order chi connectivity index (χ1) is 12.1. The van der Waals surface area contributed by atoms with Gasteiger partial charge in [0.25, 0.3) is 17.4 Å². The molecular formula is C17H13N5O3. The van der Waals surface area contributed by atoms with Crippen molar-refractivity contribution in [3.63, 3.8) is 0 Å². The normalized spacial score (nSPS) is 10.1. The monoisotopic (exact) mass is 335 g/mol. The molecule has 3 N–H and O–H groups in total. The number of carbonyl (C=O) groups excluding carboxylic acids is 2. The summed E-state index contributed by atoms with van der Waals surface area (Å²) < 4.78 is 0. The van der Waals surface area contributed by atoms with Crippen LogP contribution < -0.4 is 16.2 Å². The fourth-order valence-electron chi connectivity index (χ4n) is 2.04. The molecule has 1 aromatic carbocycles. The van der Waals surface area contributed by atoms with Crippen molar-refractivity contribution in [3.8, 4) is 0 Å². The van der Waals surface area contributed by atoms with E-state index in [0.717, 1.165) is 0 Å². The largest absolute Gasteiger partial charge is 0.322 e. The van der Waals surface area contributed by atoms with Crippen LogP contribution in [0.5, 0.6) is 0 Å². The topological polar surface area (TPSA) is 117 Å². The molecule has 0 unspecified atom stereocenters. The number of H-pyrrole nitrogens is 1. The Morgan fingerprint density at radius 3 is 2.32 bits per heavy atom. The first-order valence-corrected chi connectivity index (χ1v) is 7.30. The van der Waals surface area contributed by atoms with Crippen LogP contribution in [0.1, 0.15) is 20.8 Å². The summed E-state index contributed by atoms with van der Waals surface area (Å²) in [5, 5.41) is 11.2. The van der Waals surface area contributed by atoms with Gasteiger partial charge in [-0.25, -0.2) is 5.10 Å². The van der Waals surface area contributed by atoms with Crippen LogP contribution in [0, 0.1) is 0 Å². The second-order valence-electron chi connectivity index (χ2n) is 5.04. The zero-order valence-corrected chi connectivity index (χ0v) is 12.9. The third kappa shape index (κ3) is 4.14. The zero-order valence-electron chi connectivity index (χ0n) is 12.9. The smallest absolute Gasteiger partial charge is 0.276 e. The predicted octanol–water partition coefficient (Wildman–Crippen LogP) is 1.67. The van der Waals surface area contributed by atoms with E-state index in [1.807, 2.05) is 0 Å². The molecule has 124 valence electrons. The number of hydrogen-bond acceptors (Lipinski definition) is 5. The Morgan fingerprint density at radius 1 is 0.920 bits per heavy atom. The third-order valence-electron chi connectivity index (χ3n) is 3.21. The van der Waals surface area contributed by atoms with Crippen molar-refractivity contribution in [1.29, 1.82) is 0 Å². The number of benzene rings is 1. The van der Waals surface area contributed by atoms with E-state index < -0.39 is 11.5 Å². The van der Waals surface area contributed by atoms with Crippen molar-refractivity contribution < 1.29 is 9.59 Å². The fourth-order valence-corrected chi connectivity index (χ4v) is 2.04. The van der Waals surface area contributed by atoms with Crippen LogP contribution in [0.2, 0.25) is 0 Å². The lowest BCUT2D eigenvalue weighted by atomic mass is 10.2. The third-order valence-corrected chi connectivity index (χ3v) is 3.21. The lowest BCUT2D eigenvalue weighted by molar-refractivity contribution is 0.101. The molecule has 0 aliphatic carbocycles. The van der Waals surface area contributed by atoms with Crippen LogP contribution in [0.3, 0.4) is 0 Å². The van der Waals surface area contributed by atoms with Crippen LogP contribution in [-0.2, 0) is 0 Å². The summed E-state index contributed by atoms with van der Waals surface area (Å²) in [5.74, 6) is -0.786. The zero-order chi connectivity index (χ0) is 17.6. The van der Waals surface area contributed by atoms with Gasteiger partial charge in [0.2, 0.25) is 0 Å². The molecule has 0 saturated carbocycles. The molecule has 0 fully saturated rings. The number of aromatic amines is 1. The SMILES string of the molecule is O=C(Nc1cccc(NC(=O)c2ccc(=O)[nH]n2)c1)c1cccnc1. The van der Waals surface area contributed by atoms with E-state index >= 15 is 0 Å². The molecule has 3 rings (SSSR count). The number of rotatable bonds is 4. The molecule has 2 aromatic heterocycles. The van der Waals surface area contributed by atoms with Crippen LogP contribution in [0.15, 0.2) is 65.7 Å². The Morgan fingerprint density at radius 2 is 1.68 bits per heavy atom. The molecule has 8 nitrogen and oxygen atoms in total. The van der Waals surface area contributed by atoms with Crippen LogP contribution in [0.4, 0.5) is 11.4 Å². The highest BCUT2D eigenvalue weighted by atomic mass is 16.2. The van der Waals surface area contributed by atoms with E-state index in [2.05, 4.69) is 25.8 Å². The van der Waals surface area contributed by atoms with Crippen molar-refractivity contribution >= 4 is 23.2 Å². The van der Waals surface area contributed by atoms with Gasteiger partial charge in [-0.2, -0.15) is 5.10 Å². The van der Waals surface area contributed by atoms with Crippen molar-refractivity contribution in [3.05, 3.63) is 82.5 Å². The molecule has 0 radical (unpaired) electrons. The number of carbonyl (C=O) groups is 2. The highest BCUT2D eigenvalue weighted by molar-refractivity contribution is 6.05. The van der Waals surface area contributed by atoms with Gasteiger partial charge in [-0.15, -0.1) is 0 Å². The van der Waals surface area contributed by atoms with Crippen LogP contribution >= 0.6 is 0 Å². The maximum absolute atomic E-state index is 12.1. The molecule has 0 saturated heterocycles. The minimum atomic E-state index is -0.480. The number of nitrogens with zero attached hydrogens (tertiary/aromatic N) is 2. The van der Waals surface area contributed by atoms with Crippen molar-refractivity contribution in [2.24, 2.45) is 0 Å². The Kier molecular flexibility index (Phi) is 4.61. The summed E-state index contributed by atoms with van der Waals surface area (Å²) in [7, 11) is 0. The van der Waals surface area contributed by atoms with Gasteiger partial charge in [-0.05, 0) is 36.4 Å². The molecular weight excluding hydrogens is 322 g/mol. The number of hydrogen-bond donors (Lipinski definition) is 3. The molecule has 0 bridgehead atoms. The van der Waals surface area contributed by atoms with Gasteiger partial charge >= 0.3 is 0 Å². The van der Waals surface area contributed by atoms with Gasteiger partial charge in [0.15, 0.2) is 0 Å². The minimum Gasteiger partial charge on any atom is -0.322 e. The molecule has 0 spiro atoms. The van der Waals surface area contributed by atoms with Gasteiger partial charge < -0.3 is 10.6 Å².